The quantitative estimate of drug-likeness (QED) is 0.786. The van der Waals surface area contributed by atoms with Crippen LogP contribution in [0.3, 0.4) is 0 Å². The summed E-state index contributed by atoms with van der Waals surface area (Å²) in [7, 11) is 0. The van der Waals surface area contributed by atoms with E-state index in [-0.39, 0.29) is 16.9 Å². The first-order valence-corrected chi connectivity index (χ1v) is 8.94. The minimum absolute atomic E-state index is 0.143. The van der Waals surface area contributed by atoms with Crippen molar-refractivity contribution in [3.05, 3.63) is 39.6 Å². The smallest absolute Gasteiger partial charge is 0.273 e. The highest BCUT2D eigenvalue weighted by Crippen LogP contribution is 2.33. The first-order chi connectivity index (χ1) is 10.8. The normalized spacial score (nSPS) is 11.8. The van der Waals surface area contributed by atoms with E-state index in [1.54, 1.807) is 11.3 Å². The molecular formula is C16H17N3O2S2. The van der Waals surface area contributed by atoms with Crippen LogP contribution in [0.2, 0.25) is 0 Å². The minimum Gasteiger partial charge on any atom is -0.273 e. The molecule has 0 aliphatic rings. The van der Waals surface area contributed by atoms with Gasteiger partial charge in [0.15, 0.2) is 0 Å². The molecule has 5 nitrogen and oxygen atoms in total. The highest BCUT2D eigenvalue weighted by molar-refractivity contribution is 7.18. The Morgan fingerprint density at radius 2 is 2.13 bits per heavy atom. The first-order valence-electron chi connectivity index (χ1n) is 7.18. The number of hydrogen-bond donors (Lipinski definition) is 1. The van der Waals surface area contributed by atoms with Crippen LogP contribution in [0.5, 0.6) is 0 Å². The van der Waals surface area contributed by atoms with E-state index in [1.807, 2.05) is 43.7 Å². The fourth-order valence-electron chi connectivity index (χ4n) is 2.28. The van der Waals surface area contributed by atoms with E-state index >= 15 is 0 Å². The van der Waals surface area contributed by atoms with Crippen LogP contribution in [-0.4, -0.2) is 15.6 Å². The van der Waals surface area contributed by atoms with Crippen LogP contribution >= 0.6 is 22.7 Å². The number of amides is 1. The molecule has 0 bridgehead atoms. The Morgan fingerprint density at radius 1 is 1.35 bits per heavy atom. The summed E-state index contributed by atoms with van der Waals surface area (Å²) in [6.07, 6.45) is 1.71. The molecule has 3 heterocycles. The predicted molar refractivity (Wildman–Crippen MR) is 95.6 cm³/mol. The number of fused-ring (bicyclic) bond motifs is 1. The largest absolute Gasteiger partial charge is 0.281 e. The van der Waals surface area contributed by atoms with Gasteiger partial charge in [-0.25, -0.2) is 9.66 Å². The molecule has 3 rings (SSSR count). The van der Waals surface area contributed by atoms with Gasteiger partial charge >= 0.3 is 0 Å². The van der Waals surface area contributed by atoms with E-state index < -0.39 is 0 Å². The predicted octanol–water partition coefficient (Wildman–Crippen LogP) is 3.69. The van der Waals surface area contributed by atoms with Crippen LogP contribution in [-0.2, 0) is 4.79 Å². The van der Waals surface area contributed by atoms with Crippen LogP contribution in [0.15, 0.2) is 34.0 Å². The minimum atomic E-state index is -0.248. The second kappa shape index (κ2) is 5.90. The molecule has 0 fully saturated rings. The van der Waals surface area contributed by atoms with Crippen molar-refractivity contribution >= 4 is 38.8 Å². The van der Waals surface area contributed by atoms with Crippen molar-refractivity contribution in [1.82, 2.24) is 9.66 Å². The summed E-state index contributed by atoms with van der Waals surface area (Å²) in [5, 5.41) is 4.46. The van der Waals surface area contributed by atoms with Crippen LogP contribution in [0.1, 0.15) is 27.2 Å². The molecule has 3 aromatic heterocycles. The summed E-state index contributed by atoms with van der Waals surface area (Å²) in [5.41, 5.74) is 3.11. The Morgan fingerprint density at radius 3 is 2.78 bits per heavy atom. The zero-order chi connectivity index (χ0) is 16.6. The van der Waals surface area contributed by atoms with Crippen molar-refractivity contribution < 1.29 is 4.79 Å². The molecule has 7 heteroatoms. The van der Waals surface area contributed by atoms with E-state index in [0.29, 0.717) is 16.6 Å². The average molecular weight is 347 g/mol. The Bertz CT molecular complexity index is 902. The number of carbonyl (C=O) groups is 1. The zero-order valence-electron chi connectivity index (χ0n) is 13.1. The Balaban J connectivity index is 2.00. The molecule has 0 aliphatic heterocycles. The summed E-state index contributed by atoms with van der Waals surface area (Å²) >= 11 is 3.01. The SMILES string of the molecule is CC(C)(C)CC(=O)Nn1cnc2scc(-c3cccs3)c2c1=O. The van der Waals surface area contributed by atoms with Gasteiger partial charge in [-0.05, 0) is 16.9 Å². The molecule has 3 aromatic rings. The molecule has 120 valence electrons. The van der Waals surface area contributed by atoms with E-state index in [9.17, 15) is 9.59 Å². The lowest BCUT2D eigenvalue weighted by Crippen LogP contribution is -2.34. The zero-order valence-corrected chi connectivity index (χ0v) is 14.8. The van der Waals surface area contributed by atoms with Crippen molar-refractivity contribution in [3.8, 4) is 10.4 Å². The summed E-state index contributed by atoms with van der Waals surface area (Å²) in [4.78, 5) is 30.8. The highest BCUT2D eigenvalue weighted by atomic mass is 32.1. The summed E-state index contributed by atoms with van der Waals surface area (Å²) in [6, 6.07) is 3.92. The molecule has 0 spiro atoms. The monoisotopic (exact) mass is 347 g/mol. The Labute approximate surface area is 141 Å². The molecule has 0 saturated carbocycles. The van der Waals surface area contributed by atoms with Gasteiger partial charge in [-0.3, -0.25) is 15.0 Å². The number of aromatic nitrogens is 2. The number of hydrogen-bond acceptors (Lipinski definition) is 5. The maximum absolute atomic E-state index is 12.7. The van der Waals surface area contributed by atoms with E-state index in [2.05, 4.69) is 10.4 Å². The lowest BCUT2D eigenvalue weighted by atomic mass is 9.92. The fourth-order valence-corrected chi connectivity index (χ4v) is 4.00. The van der Waals surface area contributed by atoms with Gasteiger partial charge in [-0.15, -0.1) is 22.7 Å². The lowest BCUT2D eigenvalue weighted by molar-refractivity contribution is -0.118. The maximum Gasteiger partial charge on any atom is 0.281 e. The second-order valence-corrected chi connectivity index (χ2v) is 8.30. The molecular weight excluding hydrogens is 330 g/mol. The van der Waals surface area contributed by atoms with Gasteiger partial charge in [-0.1, -0.05) is 26.8 Å². The van der Waals surface area contributed by atoms with E-state index in [0.717, 1.165) is 10.4 Å². The van der Waals surface area contributed by atoms with Gasteiger partial charge in [0.25, 0.3) is 5.56 Å². The number of rotatable bonds is 3. The van der Waals surface area contributed by atoms with E-state index in [4.69, 9.17) is 0 Å². The average Bonchev–Trinajstić information content (AvgIpc) is 3.08. The van der Waals surface area contributed by atoms with Crippen molar-refractivity contribution in [3.63, 3.8) is 0 Å². The summed E-state index contributed by atoms with van der Waals surface area (Å²) < 4.78 is 1.18. The summed E-state index contributed by atoms with van der Waals surface area (Å²) in [5.74, 6) is -0.200. The third kappa shape index (κ3) is 3.35. The van der Waals surface area contributed by atoms with Crippen LogP contribution in [0, 0.1) is 5.41 Å². The second-order valence-electron chi connectivity index (χ2n) is 6.50. The molecule has 0 saturated heterocycles. The lowest BCUT2D eigenvalue weighted by Gasteiger charge is -2.17. The standard InChI is InChI=1S/C16H17N3O2S2/c1-16(2,3)7-12(20)18-19-9-17-14-13(15(19)21)10(8-23-14)11-5-4-6-22-11/h4-6,8-9H,7H2,1-3H3,(H,18,20). The van der Waals surface area contributed by atoms with Gasteiger partial charge in [0, 0.05) is 22.2 Å². The fraction of sp³-hybridized carbons (Fsp3) is 0.312. The van der Waals surface area contributed by atoms with Crippen molar-refractivity contribution in [2.45, 2.75) is 27.2 Å². The van der Waals surface area contributed by atoms with Crippen molar-refractivity contribution in [2.24, 2.45) is 5.41 Å². The maximum atomic E-state index is 12.7. The van der Waals surface area contributed by atoms with Crippen LogP contribution < -0.4 is 11.0 Å². The molecule has 0 radical (unpaired) electrons. The topological polar surface area (TPSA) is 64.0 Å². The van der Waals surface area contributed by atoms with Gasteiger partial charge < -0.3 is 0 Å². The van der Waals surface area contributed by atoms with Gasteiger partial charge in [-0.2, -0.15) is 0 Å². The van der Waals surface area contributed by atoms with Gasteiger partial charge in [0.2, 0.25) is 5.91 Å². The third-order valence-corrected chi connectivity index (χ3v) is 5.01. The Hall–Kier alpha value is -1.99. The van der Waals surface area contributed by atoms with E-state index in [1.165, 1.54) is 22.3 Å². The summed E-state index contributed by atoms with van der Waals surface area (Å²) in [6.45, 7) is 5.93. The third-order valence-electron chi connectivity index (χ3n) is 3.22. The Kier molecular flexibility index (Phi) is 4.08. The molecule has 23 heavy (non-hydrogen) atoms. The number of carbonyl (C=O) groups excluding carboxylic acids is 1. The van der Waals surface area contributed by atoms with Crippen LogP contribution in [0.4, 0.5) is 0 Å². The van der Waals surface area contributed by atoms with Gasteiger partial charge in [0.1, 0.15) is 11.2 Å². The molecule has 1 N–H and O–H groups in total. The number of nitrogens with one attached hydrogen (secondary N) is 1. The van der Waals surface area contributed by atoms with Crippen LogP contribution in [0.25, 0.3) is 20.7 Å². The van der Waals surface area contributed by atoms with Crippen molar-refractivity contribution in [1.29, 1.82) is 0 Å². The number of thiophene rings is 2. The molecule has 0 unspecified atom stereocenters. The van der Waals surface area contributed by atoms with Crippen molar-refractivity contribution in [2.75, 3.05) is 5.43 Å². The molecule has 1 amide bonds. The molecule has 0 aliphatic carbocycles. The molecule has 0 atom stereocenters. The molecule has 0 aromatic carbocycles. The highest BCUT2D eigenvalue weighted by Gasteiger charge is 2.18. The van der Waals surface area contributed by atoms with Gasteiger partial charge in [0.05, 0.1) is 5.39 Å². The first kappa shape index (κ1) is 15.9. The number of nitrogens with zero attached hydrogens (tertiary/aromatic N) is 2.